The van der Waals surface area contributed by atoms with Gasteiger partial charge in [0.15, 0.2) is 5.11 Å². The largest absolute Gasteiger partial charge is 0.359 e. The second-order valence-corrected chi connectivity index (χ2v) is 9.76. The van der Waals surface area contributed by atoms with Gasteiger partial charge in [-0.05, 0) is 49.7 Å². The highest BCUT2D eigenvalue weighted by atomic mass is 32.2. The molecule has 1 aliphatic heterocycles. The zero-order valence-corrected chi connectivity index (χ0v) is 18.0. The van der Waals surface area contributed by atoms with Gasteiger partial charge in [-0.3, -0.25) is 5.43 Å². The van der Waals surface area contributed by atoms with Crippen LogP contribution in [0.25, 0.3) is 0 Å². The molecular weight excluding hydrogens is 394 g/mol. The van der Waals surface area contributed by atoms with E-state index in [-0.39, 0.29) is 0 Å². The molecule has 1 heterocycles. The van der Waals surface area contributed by atoms with E-state index < -0.39 is 10.0 Å². The normalized spacial score (nSPS) is 20.0. The minimum Gasteiger partial charge on any atom is -0.359 e. The van der Waals surface area contributed by atoms with Gasteiger partial charge in [-0.2, -0.15) is 9.41 Å². The smallest absolute Gasteiger partial charge is 0.243 e. The van der Waals surface area contributed by atoms with Crippen LogP contribution in [0.5, 0.6) is 0 Å². The number of rotatable bonds is 5. The van der Waals surface area contributed by atoms with E-state index in [1.54, 1.807) is 28.6 Å². The maximum atomic E-state index is 12.7. The van der Waals surface area contributed by atoms with Crippen LogP contribution in [0.1, 0.15) is 44.6 Å². The number of nitrogens with two attached hydrogens (primary N) is 1. The van der Waals surface area contributed by atoms with Gasteiger partial charge >= 0.3 is 0 Å². The molecule has 0 aromatic heterocycles. The van der Waals surface area contributed by atoms with Gasteiger partial charge in [0.05, 0.1) is 36.8 Å². The Morgan fingerprint density at radius 3 is 2.43 bits per heavy atom. The molecular formula is C19H30N5O2S2+. The molecule has 1 aromatic rings. The Labute approximate surface area is 173 Å². The molecule has 0 radical (unpaired) electrons. The summed E-state index contributed by atoms with van der Waals surface area (Å²) in [5.41, 5.74) is 4.52. The fourth-order valence-corrected chi connectivity index (χ4v) is 5.33. The van der Waals surface area contributed by atoms with E-state index in [9.17, 15) is 8.42 Å². The van der Waals surface area contributed by atoms with Crippen molar-refractivity contribution in [2.24, 2.45) is 5.10 Å². The Hall–Kier alpha value is -1.55. The highest BCUT2D eigenvalue weighted by Crippen LogP contribution is 2.18. The van der Waals surface area contributed by atoms with E-state index in [0.29, 0.717) is 29.1 Å². The number of nitrogens with zero attached hydrogens (tertiary/aromatic N) is 2. The zero-order valence-electron chi connectivity index (χ0n) is 16.4. The number of hydrogen-bond donors (Lipinski definition) is 3. The van der Waals surface area contributed by atoms with Crippen molar-refractivity contribution in [1.82, 2.24) is 15.0 Å². The van der Waals surface area contributed by atoms with Crippen LogP contribution in [0.4, 0.5) is 0 Å². The lowest BCUT2D eigenvalue weighted by molar-refractivity contribution is -0.661. The first-order valence-corrected chi connectivity index (χ1v) is 11.8. The van der Waals surface area contributed by atoms with Gasteiger partial charge in [0.1, 0.15) is 0 Å². The predicted molar refractivity (Wildman–Crippen MR) is 115 cm³/mol. The number of thiocarbonyl (C=S) groups is 1. The fraction of sp³-hybridized carbons (Fsp3) is 0.579. The molecule has 0 unspecified atom stereocenters. The summed E-state index contributed by atoms with van der Waals surface area (Å²) < 4.78 is 27.0. The van der Waals surface area contributed by atoms with Crippen LogP contribution in [0.15, 0.2) is 34.3 Å². The molecule has 2 fully saturated rings. The maximum absolute atomic E-state index is 12.7. The zero-order chi connectivity index (χ0) is 20.0. The molecule has 0 amide bonds. The van der Waals surface area contributed by atoms with Crippen LogP contribution in [-0.2, 0) is 10.0 Å². The van der Waals surface area contributed by atoms with Gasteiger partial charge in [-0.1, -0.05) is 31.4 Å². The first-order chi connectivity index (χ1) is 13.5. The fourth-order valence-electron chi connectivity index (χ4n) is 3.65. The summed E-state index contributed by atoms with van der Waals surface area (Å²) in [4.78, 5) is 0.327. The molecule has 1 saturated carbocycles. The number of nitrogens with one attached hydrogen (secondary N) is 2. The lowest BCUT2D eigenvalue weighted by Crippen LogP contribution is -2.89. The van der Waals surface area contributed by atoms with Gasteiger partial charge in [0.2, 0.25) is 10.0 Å². The topological polar surface area (TPSA) is 90.4 Å². The van der Waals surface area contributed by atoms with E-state index in [1.807, 2.05) is 6.92 Å². The van der Waals surface area contributed by atoms with Crippen LogP contribution in [0, 0.1) is 0 Å². The Morgan fingerprint density at radius 1 is 1.14 bits per heavy atom. The quantitative estimate of drug-likeness (QED) is 0.369. The minimum absolute atomic E-state index is 0.327. The van der Waals surface area contributed by atoms with Crippen molar-refractivity contribution in [1.29, 1.82) is 0 Å². The van der Waals surface area contributed by atoms with Crippen LogP contribution in [0.2, 0.25) is 0 Å². The predicted octanol–water partition coefficient (Wildman–Crippen LogP) is 0.775. The third-order valence-corrected chi connectivity index (χ3v) is 7.46. The van der Waals surface area contributed by atoms with Crippen LogP contribution < -0.4 is 16.1 Å². The molecule has 1 aromatic carbocycles. The molecule has 0 atom stereocenters. The van der Waals surface area contributed by atoms with E-state index in [0.717, 1.165) is 37.2 Å². The summed E-state index contributed by atoms with van der Waals surface area (Å²) in [5, 5.41) is 10.3. The van der Waals surface area contributed by atoms with Gasteiger partial charge in [-0.25, -0.2) is 8.42 Å². The Kier molecular flexibility index (Phi) is 7.39. The molecule has 4 N–H and O–H groups in total. The lowest BCUT2D eigenvalue weighted by Gasteiger charge is -2.24. The molecule has 154 valence electrons. The van der Waals surface area contributed by atoms with Crippen LogP contribution in [0.3, 0.4) is 0 Å². The number of quaternary nitrogens is 1. The Bertz CT molecular complexity index is 796. The average Bonchev–Trinajstić information content (AvgIpc) is 2.73. The third kappa shape index (κ3) is 5.50. The summed E-state index contributed by atoms with van der Waals surface area (Å²) in [7, 11) is -3.42. The van der Waals surface area contributed by atoms with Crippen molar-refractivity contribution in [3.63, 3.8) is 0 Å². The monoisotopic (exact) mass is 424 g/mol. The summed E-state index contributed by atoms with van der Waals surface area (Å²) in [6.07, 6.45) is 6.09. The number of benzene rings is 1. The van der Waals surface area contributed by atoms with Crippen molar-refractivity contribution >= 4 is 33.1 Å². The Morgan fingerprint density at radius 2 is 1.79 bits per heavy atom. The molecule has 1 aliphatic carbocycles. The number of piperazine rings is 1. The molecule has 1 saturated heterocycles. The van der Waals surface area contributed by atoms with Gasteiger partial charge < -0.3 is 10.6 Å². The molecule has 0 spiro atoms. The van der Waals surface area contributed by atoms with Crippen molar-refractivity contribution in [2.75, 3.05) is 26.2 Å². The second kappa shape index (κ2) is 9.78. The highest BCUT2D eigenvalue weighted by molar-refractivity contribution is 7.89. The first kappa shape index (κ1) is 21.2. The van der Waals surface area contributed by atoms with Crippen LogP contribution in [-0.4, -0.2) is 55.8 Å². The summed E-state index contributed by atoms with van der Waals surface area (Å²) in [5.74, 6) is 0. The molecule has 3 rings (SSSR count). The van der Waals surface area contributed by atoms with Gasteiger partial charge in [-0.15, -0.1) is 0 Å². The molecule has 7 nitrogen and oxygen atoms in total. The minimum atomic E-state index is -3.42. The SMILES string of the molecule is C/C(=N/NC(=S)NC1CCCCC1)c1ccc(S(=O)(=O)N2CC[NH2+]CC2)cc1. The standard InChI is InChI=1S/C19H29N5O2S2/c1-15(22-23-19(27)21-17-5-3-2-4-6-17)16-7-9-18(10-8-16)28(25,26)24-13-11-20-12-14-24/h7-10,17,20H,2-6,11-14H2,1H3,(H2,21,23,27)/p+1/b22-15-. The number of hydrogen-bond acceptors (Lipinski definition) is 4. The number of sulfonamides is 1. The van der Waals surface area contributed by atoms with Crippen LogP contribution >= 0.6 is 12.2 Å². The summed E-state index contributed by atoms with van der Waals surface area (Å²) in [6, 6.07) is 7.32. The van der Waals surface area contributed by atoms with E-state index in [4.69, 9.17) is 12.2 Å². The highest BCUT2D eigenvalue weighted by Gasteiger charge is 2.27. The molecule has 28 heavy (non-hydrogen) atoms. The van der Waals surface area contributed by atoms with Crippen molar-refractivity contribution in [3.8, 4) is 0 Å². The molecule has 2 aliphatic rings. The molecule has 9 heteroatoms. The Balaban J connectivity index is 1.58. The lowest BCUT2D eigenvalue weighted by atomic mass is 9.96. The van der Waals surface area contributed by atoms with Crippen molar-refractivity contribution in [3.05, 3.63) is 29.8 Å². The van der Waals surface area contributed by atoms with Gasteiger partial charge in [0, 0.05) is 6.04 Å². The second-order valence-electron chi connectivity index (χ2n) is 7.41. The third-order valence-electron chi connectivity index (χ3n) is 5.34. The molecule has 0 bridgehead atoms. The average molecular weight is 425 g/mol. The van der Waals surface area contributed by atoms with Crippen molar-refractivity contribution < 1.29 is 13.7 Å². The summed E-state index contributed by atoms with van der Waals surface area (Å²) in [6.45, 7) is 4.60. The maximum Gasteiger partial charge on any atom is 0.243 e. The van der Waals surface area contributed by atoms with Crippen molar-refractivity contribution in [2.45, 2.75) is 50.0 Å². The van der Waals surface area contributed by atoms with Gasteiger partial charge in [0.25, 0.3) is 0 Å². The van der Waals surface area contributed by atoms with E-state index in [2.05, 4.69) is 21.2 Å². The van der Waals surface area contributed by atoms with E-state index >= 15 is 0 Å². The van der Waals surface area contributed by atoms with E-state index in [1.165, 1.54) is 19.3 Å². The first-order valence-electron chi connectivity index (χ1n) is 10.00. The number of hydrazone groups is 1. The summed E-state index contributed by atoms with van der Waals surface area (Å²) >= 11 is 5.33.